The van der Waals surface area contributed by atoms with Gasteiger partial charge in [-0.2, -0.15) is 0 Å². The lowest BCUT2D eigenvalue weighted by Crippen LogP contribution is -2.44. The number of hydrogen-bond acceptors (Lipinski definition) is 3. The summed E-state index contributed by atoms with van der Waals surface area (Å²) >= 11 is 1.57. The first-order chi connectivity index (χ1) is 7.39. The highest BCUT2D eigenvalue weighted by Gasteiger charge is 2.40. The highest BCUT2D eigenvalue weighted by Crippen LogP contribution is 2.32. The van der Waals surface area contributed by atoms with Crippen molar-refractivity contribution in [3.8, 4) is 0 Å². The molecular formula is C11H22F2N2S. The average molecular weight is 252 g/mol. The van der Waals surface area contributed by atoms with E-state index in [9.17, 15) is 8.78 Å². The minimum absolute atomic E-state index is 0.333. The highest BCUT2D eigenvalue weighted by atomic mass is 32.2. The number of alkyl halides is 2. The second-order valence-corrected chi connectivity index (χ2v) is 5.95. The minimum Gasteiger partial charge on any atom is -0.299 e. The summed E-state index contributed by atoms with van der Waals surface area (Å²) in [7, 11) is 0. The number of rotatable bonds is 3. The molecule has 1 aliphatic heterocycles. The summed E-state index contributed by atoms with van der Waals surface area (Å²) in [5, 5.41) is 0. The molecule has 5 heteroatoms. The molecule has 0 aromatic rings. The normalized spacial score (nSPS) is 30.0. The van der Waals surface area contributed by atoms with Crippen LogP contribution < -0.4 is 0 Å². The molecule has 1 atom stereocenters. The van der Waals surface area contributed by atoms with Gasteiger partial charge in [0.2, 0.25) is 6.43 Å². The predicted octanol–water partition coefficient (Wildman–Crippen LogP) is 2.56. The van der Waals surface area contributed by atoms with Crippen molar-refractivity contribution in [1.29, 1.82) is 0 Å². The van der Waals surface area contributed by atoms with Crippen molar-refractivity contribution in [2.24, 2.45) is 5.41 Å². The first-order valence-electron chi connectivity index (χ1n) is 5.70. The fourth-order valence-corrected chi connectivity index (χ4v) is 2.74. The fraction of sp³-hybridized carbons (Fsp3) is 1.00. The van der Waals surface area contributed by atoms with Gasteiger partial charge in [0.15, 0.2) is 0 Å². The van der Waals surface area contributed by atoms with Crippen molar-refractivity contribution in [2.75, 3.05) is 32.4 Å². The maximum atomic E-state index is 13.2. The summed E-state index contributed by atoms with van der Waals surface area (Å²) in [5.41, 5.74) is -0.913. The standard InChI is InChI=1S/C11H22F2N2S/c1-9(2)14-5-6-15(16-4)8-11(3,7-14)10(12)13/h9-10H,5-8H2,1-4H3. The molecule has 1 aliphatic rings. The first-order valence-corrected chi connectivity index (χ1v) is 6.88. The van der Waals surface area contributed by atoms with Crippen LogP contribution in [0.25, 0.3) is 0 Å². The summed E-state index contributed by atoms with van der Waals surface area (Å²) in [6.45, 7) is 8.53. The van der Waals surface area contributed by atoms with Gasteiger partial charge in [0.05, 0.1) is 5.41 Å². The molecule has 1 unspecified atom stereocenters. The average Bonchev–Trinajstić information content (AvgIpc) is 2.38. The quantitative estimate of drug-likeness (QED) is 0.713. The molecule has 16 heavy (non-hydrogen) atoms. The van der Waals surface area contributed by atoms with Crippen LogP contribution in [-0.2, 0) is 0 Å². The molecule has 1 fully saturated rings. The summed E-state index contributed by atoms with van der Waals surface area (Å²) in [6.07, 6.45) is -0.307. The molecule has 2 nitrogen and oxygen atoms in total. The molecule has 0 aromatic heterocycles. The topological polar surface area (TPSA) is 6.48 Å². The van der Waals surface area contributed by atoms with Crippen molar-refractivity contribution in [3.63, 3.8) is 0 Å². The second-order valence-electron chi connectivity index (χ2n) is 5.07. The molecule has 0 saturated carbocycles. The molecule has 0 radical (unpaired) electrons. The van der Waals surface area contributed by atoms with Gasteiger partial charge in [0.1, 0.15) is 0 Å². The van der Waals surface area contributed by atoms with E-state index in [1.54, 1.807) is 18.9 Å². The van der Waals surface area contributed by atoms with Gasteiger partial charge in [-0.05, 0) is 20.1 Å². The Morgan fingerprint density at radius 1 is 1.19 bits per heavy atom. The number of halogens is 2. The molecular weight excluding hydrogens is 230 g/mol. The zero-order valence-electron chi connectivity index (χ0n) is 10.5. The summed E-state index contributed by atoms with van der Waals surface area (Å²) in [5.74, 6) is 0. The van der Waals surface area contributed by atoms with E-state index in [4.69, 9.17) is 0 Å². The summed E-state index contributed by atoms with van der Waals surface area (Å²) in [6, 6.07) is 0.333. The van der Waals surface area contributed by atoms with E-state index in [1.807, 2.05) is 6.26 Å². The Morgan fingerprint density at radius 2 is 1.81 bits per heavy atom. The molecule has 0 spiro atoms. The van der Waals surface area contributed by atoms with Gasteiger partial charge in [-0.15, -0.1) is 0 Å². The van der Waals surface area contributed by atoms with E-state index in [0.29, 0.717) is 19.1 Å². The van der Waals surface area contributed by atoms with Crippen LogP contribution in [0.2, 0.25) is 0 Å². The van der Waals surface area contributed by atoms with E-state index in [-0.39, 0.29) is 0 Å². The van der Waals surface area contributed by atoms with Gasteiger partial charge in [-0.3, -0.25) is 4.90 Å². The van der Waals surface area contributed by atoms with Crippen molar-refractivity contribution >= 4 is 11.9 Å². The van der Waals surface area contributed by atoms with Crippen LogP contribution in [0.15, 0.2) is 0 Å². The zero-order valence-corrected chi connectivity index (χ0v) is 11.4. The van der Waals surface area contributed by atoms with Crippen molar-refractivity contribution in [2.45, 2.75) is 33.2 Å². The van der Waals surface area contributed by atoms with E-state index in [1.165, 1.54) is 0 Å². The molecule has 1 heterocycles. The van der Waals surface area contributed by atoms with Gasteiger partial charge in [0.25, 0.3) is 0 Å². The number of nitrogens with zero attached hydrogens (tertiary/aromatic N) is 2. The Labute approximate surface area is 101 Å². The van der Waals surface area contributed by atoms with Crippen LogP contribution in [0.5, 0.6) is 0 Å². The lowest BCUT2D eigenvalue weighted by Gasteiger charge is -2.34. The lowest BCUT2D eigenvalue weighted by atomic mass is 9.90. The molecule has 0 aromatic carbocycles. The molecule has 96 valence electrons. The largest absolute Gasteiger partial charge is 0.299 e. The van der Waals surface area contributed by atoms with Crippen molar-refractivity contribution < 1.29 is 8.78 Å². The SMILES string of the molecule is CSN1CCN(C(C)C)CC(C)(C(F)F)C1. The van der Waals surface area contributed by atoms with Crippen LogP contribution in [0.3, 0.4) is 0 Å². The monoisotopic (exact) mass is 252 g/mol. The highest BCUT2D eigenvalue weighted by molar-refractivity contribution is 7.96. The van der Waals surface area contributed by atoms with Gasteiger partial charge in [0, 0.05) is 32.2 Å². The molecule has 0 N–H and O–H groups in total. The third-order valence-corrected chi connectivity index (χ3v) is 4.08. The third kappa shape index (κ3) is 3.31. The third-order valence-electron chi connectivity index (χ3n) is 3.25. The maximum Gasteiger partial charge on any atom is 0.246 e. The predicted molar refractivity (Wildman–Crippen MR) is 65.9 cm³/mol. The van der Waals surface area contributed by atoms with Gasteiger partial charge >= 0.3 is 0 Å². The van der Waals surface area contributed by atoms with E-state index in [0.717, 1.165) is 13.1 Å². The smallest absolute Gasteiger partial charge is 0.246 e. The van der Waals surface area contributed by atoms with E-state index in [2.05, 4.69) is 23.1 Å². The first kappa shape index (κ1) is 14.2. The van der Waals surface area contributed by atoms with Crippen molar-refractivity contribution in [1.82, 2.24) is 9.21 Å². The lowest BCUT2D eigenvalue weighted by molar-refractivity contribution is -0.0172. The molecule has 0 amide bonds. The molecule has 1 saturated heterocycles. The molecule has 1 rings (SSSR count). The van der Waals surface area contributed by atoms with Crippen LogP contribution >= 0.6 is 11.9 Å². The molecule has 0 aliphatic carbocycles. The van der Waals surface area contributed by atoms with E-state index >= 15 is 0 Å². The zero-order chi connectivity index (χ0) is 12.3. The number of hydrogen-bond donors (Lipinski definition) is 0. The Hall–Kier alpha value is 0.130. The Kier molecular flexibility index (Phi) is 5.01. The Balaban J connectivity index is 2.80. The van der Waals surface area contributed by atoms with Crippen LogP contribution in [-0.4, -0.2) is 54.1 Å². The van der Waals surface area contributed by atoms with Gasteiger partial charge in [-0.25, -0.2) is 13.1 Å². The second kappa shape index (κ2) is 5.65. The molecule has 0 bridgehead atoms. The summed E-state index contributed by atoms with van der Waals surface area (Å²) < 4.78 is 28.4. The van der Waals surface area contributed by atoms with Gasteiger partial charge < -0.3 is 0 Å². The Morgan fingerprint density at radius 3 is 2.25 bits per heavy atom. The Bertz CT molecular complexity index is 226. The minimum atomic E-state index is -2.26. The summed E-state index contributed by atoms with van der Waals surface area (Å²) in [4.78, 5) is 2.16. The van der Waals surface area contributed by atoms with Crippen molar-refractivity contribution in [3.05, 3.63) is 0 Å². The van der Waals surface area contributed by atoms with E-state index < -0.39 is 11.8 Å². The van der Waals surface area contributed by atoms with Crippen LogP contribution in [0.1, 0.15) is 20.8 Å². The fourth-order valence-electron chi connectivity index (χ4n) is 2.05. The maximum absolute atomic E-state index is 13.2. The van der Waals surface area contributed by atoms with Crippen LogP contribution in [0, 0.1) is 5.41 Å². The van der Waals surface area contributed by atoms with Crippen LogP contribution in [0.4, 0.5) is 8.78 Å². The van der Waals surface area contributed by atoms with Gasteiger partial charge in [-0.1, -0.05) is 18.9 Å².